The molecular weight excluding hydrogens is 386 g/mol. The molecule has 2 aliphatic rings. The van der Waals surface area contributed by atoms with E-state index in [1.54, 1.807) is 0 Å². The van der Waals surface area contributed by atoms with E-state index in [-0.39, 0.29) is 5.91 Å². The van der Waals surface area contributed by atoms with E-state index in [1.165, 1.54) is 19.3 Å². The molecule has 5 rings (SSSR count). The first-order valence-electron chi connectivity index (χ1n) is 11.3. The zero-order chi connectivity index (χ0) is 21.2. The fourth-order valence-corrected chi connectivity index (χ4v) is 4.72. The molecule has 1 amide bonds. The second kappa shape index (κ2) is 8.53. The van der Waals surface area contributed by atoms with Crippen LogP contribution >= 0.6 is 0 Å². The monoisotopic (exact) mass is 415 g/mol. The van der Waals surface area contributed by atoms with Gasteiger partial charge in [0.15, 0.2) is 11.6 Å². The van der Waals surface area contributed by atoms with Crippen molar-refractivity contribution in [3.05, 3.63) is 60.2 Å². The summed E-state index contributed by atoms with van der Waals surface area (Å²) >= 11 is 0. The first-order chi connectivity index (χ1) is 15.2. The Bertz CT molecular complexity index is 1060. The van der Waals surface area contributed by atoms with E-state index in [1.807, 2.05) is 35.2 Å². The molecule has 0 bridgehead atoms. The highest BCUT2D eigenvalue weighted by Gasteiger charge is 2.24. The average Bonchev–Trinajstić information content (AvgIpc) is 2.84. The molecule has 0 saturated carbocycles. The van der Waals surface area contributed by atoms with Gasteiger partial charge in [0.05, 0.1) is 0 Å². The lowest BCUT2D eigenvalue weighted by molar-refractivity contribution is 0.0746. The number of piperidine rings is 1. The molecular formula is C25H29N5O. The summed E-state index contributed by atoms with van der Waals surface area (Å²) in [6.45, 7) is 6.25. The van der Waals surface area contributed by atoms with E-state index < -0.39 is 0 Å². The molecule has 0 radical (unpaired) electrons. The van der Waals surface area contributed by atoms with Crippen molar-refractivity contribution < 1.29 is 4.79 Å². The van der Waals surface area contributed by atoms with Crippen LogP contribution in [0.15, 0.2) is 54.6 Å². The molecule has 1 unspecified atom stereocenters. The molecule has 6 nitrogen and oxygen atoms in total. The summed E-state index contributed by atoms with van der Waals surface area (Å²) in [5.74, 6) is 1.97. The van der Waals surface area contributed by atoms with E-state index >= 15 is 0 Å². The predicted octanol–water partition coefficient (Wildman–Crippen LogP) is 3.97. The number of fused-ring (bicyclic) bond motifs is 1. The Kier molecular flexibility index (Phi) is 5.45. The first-order valence-corrected chi connectivity index (χ1v) is 11.3. The lowest BCUT2D eigenvalue weighted by atomic mass is 10.0. The van der Waals surface area contributed by atoms with Crippen LogP contribution < -0.4 is 9.80 Å². The van der Waals surface area contributed by atoms with Crippen molar-refractivity contribution in [2.24, 2.45) is 0 Å². The fraction of sp³-hybridized carbons (Fsp3) is 0.400. The number of aromatic nitrogens is 2. The number of hydrogen-bond acceptors (Lipinski definition) is 5. The molecule has 0 aliphatic carbocycles. The van der Waals surface area contributed by atoms with Gasteiger partial charge in [-0.05, 0) is 61.2 Å². The summed E-state index contributed by atoms with van der Waals surface area (Å²) in [7, 11) is 0. The Morgan fingerprint density at radius 2 is 1.58 bits per heavy atom. The number of carbonyl (C=O) groups is 1. The molecule has 6 heteroatoms. The maximum Gasteiger partial charge on any atom is 0.253 e. The van der Waals surface area contributed by atoms with E-state index in [2.05, 4.69) is 51.2 Å². The van der Waals surface area contributed by atoms with Crippen LogP contribution in [0.1, 0.15) is 36.5 Å². The summed E-state index contributed by atoms with van der Waals surface area (Å²) in [4.78, 5) is 19.5. The van der Waals surface area contributed by atoms with Crippen molar-refractivity contribution in [2.45, 2.75) is 32.2 Å². The van der Waals surface area contributed by atoms with Crippen molar-refractivity contribution in [3.8, 4) is 0 Å². The highest BCUT2D eigenvalue weighted by Crippen LogP contribution is 2.24. The molecule has 2 aliphatic heterocycles. The maximum atomic E-state index is 13.0. The maximum absolute atomic E-state index is 13.0. The van der Waals surface area contributed by atoms with Crippen molar-refractivity contribution in [1.29, 1.82) is 0 Å². The summed E-state index contributed by atoms with van der Waals surface area (Å²) in [6, 6.07) is 18.8. The summed E-state index contributed by atoms with van der Waals surface area (Å²) in [6.07, 6.45) is 3.74. The Morgan fingerprint density at radius 3 is 2.32 bits per heavy atom. The zero-order valence-electron chi connectivity index (χ0n) is 18.1. The Hall–Kier alpha value is -3.15. The minimum atomic E-state index is 0.103. The Labute approximate surface area is 183 Å². The van der Waals surface area contributed by atoms with Gasteiger partial charge in [0, 0.05) is 44.3 Å². The minimum Gasteiger partial charge on any atom is -0.352 e. The Balaban J connectivity index is 1.22. The van der Waals surface area contributed by atoms with Crippen LogP contribution in [-0.2, 0) is 0 Å². The van der Waals surface area contributed by atoms with Crippen LogP contribution in [0.5, 0.6) is 0 Å². The van der Waals surface area contributed by atoms with Crippen LogP contribution in [0, 0.1) is 0 Å². The standard InChI is InChI=1S/C25H29N5O/c1-19-6-4-5-13-30(19)24-12-11-23(26-27-24)28-14-16-29(17-15-28)25(31)22-10-9-20-7-2-3-8-21(20)18-22/h2-3,7-12,18-19H,4-6,13-17H2,1H3. The fourth-order valence-electron chi connectivity index (χ4n) is 4.72. The third-order valence-corrected chi connectivity index (χ3v) is 6.62. The van der Waals surface area contributed by atoms with Crippen LogP contribution in [-0.4, -0.2) is 59.8 Å². The first kappa shape index (κ1) is 19.8. The number of nitrogens with zero attached hydrogens (tertiary/aromatic N) is 5. The minimum absolute atomic E-state index is 0.103. The van der Waals surface area contributed by atoms with E-state index in [9.17, 15) is 4.79 Å². The van der Waals surface area contributed by atoms with Crippen LogP contribution in [0.2, 0.25) is 0 Å². The molecule has 1 atom stereocenters. The lowest BCUT2D eigenvalue weighted by Gasteiger charge is -2.36. The molecule has 2 aromatic carbocycles. The van der Waals surface area contributed by atoms with Gasteiger partial charge in [-0.1, -0.05) is 30.3 Å². The number of rotatable bonds is 3. The number of hydrogen-bond donors (Lipinski definition) is 0. The summed E-state index contributed by atoms with van der Waals surface area (Å²) in [5, 5.41) is 11.3. The van der Waals surface area contributed by atoms with E-state index in [0.717, 1.165) is 47.6 Å². The summed E-state index contributed by atoms with van der Waals surface area (Å²) in [5.41, 5.74) is 0.756. The van der Waals surface area contributed by atoms with Crippen molar-refractivity contribution in [3.63, 3.8) is 0 Å². The van der Waals surface area contributed by atoms with Crippen LogP contribution in [0.25, 0.3) is 10.8 Å². The van der Waals surface area contributed by atoms with Gasteiger partial charge in [0.25, 0.3) is 5.91 Å². The molecule has 2 saturated heterocycles. The molecule has 3 aromatic rings. The van der Waals surface area contributed by atoms with E-state index in [4.69, 9.17) is 0 Å². The van der Waals surface area contributed by atoms with Crippen molar-refractivity contribution in [2.75, 3.05) is 42.5 Å². The largest absolute Gasteiger partial charge is 0.352 e. The lowest BCUT2D eigenvalue weighted by Crippen LogP contribution is -2.49. The number of carbonyl (C=O) groups excluding carboxylic acids is 1. The second-order valence-corrected chi connectivity index (χ2v) is 8.63. The summed E-state index contributed by atoms with van der Waals surface area (Å²) < 4.78 is 0. The normalized spacial score (nSPS) is 19.6. The molecule has 31 heavy (non-hydrogen) atoms. The van der Waals surface area contributed by atoms with Gasteiger partial charge in [-0.15, -0.1) is 10.2 Å². The molecule has 1 aromatic heterocycles. The van der Waals surface area contributed by atoms with Crippen molar-refractivity contribution >= 4 is 28.3 Å². The second-order valence-electron chi connectivity index (χ2n) is 8.63. The van der Waals surface area contributed by atoms with E-state index in [0.29, 0.717) is 19.1 Å². The Morgan fingerprint density at radius 1 is 0.839 bits per heavy atom. The molecule has 3 heterocycles. The van der Waals surface area contributed by atoms with Crippen LogP contribution in [0.4, 0.5) is 11.6 Å². The number of amides is 1. The molecule has 160 valence electrons. The van der Waals surface area contributed by atoms with Gasteiger partial charge >= 0.3 is 0 Å². The SMILES string of the molecule is CC1CCCCN1c1ccc(N2CCN(C(=O)c3ccc4ccccc4c3)CC2)nn1. The van der Waals surface area contributed by atoms with Gasteiger partial charge in [0.1, 0.15) is 0 Å². The highest BCUT2D eigenvalue weighted by molar-refractivity contribution is 5.98. The molecule has 2 fully saturated rings. The van der Waals surface area contributed by atoms with Crippen LogP contribution in [0.3, 0.4) is 0 Å². The van der Waals surface area contributed by atoms with Crippen molar-refractivity contribution in [1.82, 2.24) is 15.1 Å². The highest BCUT2D eigenvalue weighted by atomic mass is 16.2. The van der Waals surface area contributed by atoms with Gasteiger partial charge in [0.2, 0.25) is 0 Å². The van der Waals surface area contributed by atoms with Gasteiger partial charge in [-0.2, -0.15) is 0 Å². The average molecular weight is 416 g/mol. The third kappa shape index (κ3) is 4.07. The quantitative estimate of drug-likeness (QED) is 0.648. The number of piperazine rings is 1. The number of benzene rings is 2. The smallest absolute Gasteiger partial charge is 0.253 e. The van der Waals surface area contributed by atoms with Gasteiger partial charge in [-0.25, -0.2) is 0 Å². The van der Waals surface area contributed by atoms with Gasteiger partial charge < -0.3 is 14.7 Å². The zero-order valence-corrected chi connectivity index (χ0v) is 18.1. The molecule has 0 spiro atoms. The third-order valence-electron chi connectivity index (χ3n) is 6.62. The van der Waals surface area contributed by atoms with Gasteiger partial charge in [-0.3, -0.25) is 4.79 Å². The predicted molar refractivity (Wildman–Crippen MR) is 125 cm³/mol. The molecule has 0 N–H and O–H groups in total. The number of anilines is 2. The topological polar surface area (TPSA) is 52.6 Å².